The van der Waals surface area contributed by atoms with Crippen LogP contribution in [-0.2, 0) is 12.4 Å². The summed E-state index contributed by atoms with van der Waals surface area (Å²) in [5.74, 6) is 0. The molecule has 0 heterocycles. The molecule has 0 spiro atoms. The maximum Gasteiger partial charge on any atom is 0.423 e. The molecule has 1 aromatic rings. The van der Waals surface area contributed by atoms with Crippen LogP contribution in [0.3, 0.4) is 0 Å². The summed E-state index contributed by atoms with van der Waals surface area (Å²) >= 11 is 0. The van der Waals surface area contributed by atoms with E-state index in [0.717, 1.165) is 0 Å². The van der Waals surface area contributed by atoms with Crippen LogP contribution in [0.25, 0.3) is 0 Å². The van der Waals surface area contributed by atoms with Gasteiger partial charge in [0.2, 0.25) is 0 Å². The molecule has 0 radical (unpaired) electrons. The predicted octanol–water partition coefficient (Wildman–Crippen LogP) is 3.54. The summed E-state index contributed by atoms with van der Waals surface area (Å²) in [6.45, 7) is 0. The summed E-state index contributed by atoms with van der Waals surface area (Å²) in [5, 5.41) is 20.8. The number of rotatable bonds is 2. The molecule has 0 N–H and O–H groups in total. The van der Waals surface area contributed by atoms with Crippen LogP contribution in [0.15, 0.2) is 12.1 Å². The van der Waals surface area contributed by atoms with E-state index in [4.69, 9.17) is 0 Å². The van der Waals surface area contributed by atoms with Gasteiger partial charge in [-0.2, -0.15) is 26.3 Å². The van der Waals surface area contributed by atoms with Crippen molar-refractivity contribution < 1.29 is 36.2 Å². The lowest BCUT2D eigenvalue weighted by Crippen LogP contribution is -2.15. The van der Waals surface area contributed by atoms with Crippen LogP contribution in [0, 0.1) is 20.2 Å². The van der Waals surface area contributed by atoms with Gasteiger partial charge in [0, 0.05) is 0 Å². The van der Waals surface area contributed by atoms with Crippen molar-refractivity contribution in [2.24, 2.45) is 0 Å². The lowest BCUT2D eigenvalue weighted by molar-refractivity contribution is -0.397. The molecule has 110 valence electrons. The maximum atomic E-state index is 12.5. The second kappa shape index (κ2) is 4.61. The minimum absolute atomic E-state index is 0.356. The van der Waals surface area contributed by atoms with Crippen LogP contribution >= 0.6 is 0 Å². The first-order chi connectivity index (χ1) is 8.85. The molecule has 6 nitrogen and oxygen atoms in total. The van der Waals surface area contributed by atoms with E-state index >= 15 is 0 Å². The van der Waals surface area contributed by atoms with Crippen molar-refractivity contribution in [2.45, 2.75) is 12.4 Å². The Morgan fingerprint density at radius 3 is 1.25 bits per heavy atom. The van der Waals surface area contributed by atoms with Crippen LogP contribution in [0.5, 0.6) is 0 Å². The zero-order valence-electron chi connectivity index (χ0n) is 8.95. The number of alkyl halides is 6. The fourth-order valence-corrected chi connectivity index (χ4v) is 1.33. The van der Waals surface area contributed by atoms with Gasteiger partial charge in [-0.25, -0.2) is 0 Å². The molecule has 0 aliphatic heterocycles. The molecule has 0 atom stereocenters. The van der Waals surface area contributed by atoms with Gasteiger partial charge in [-0.15, -0.1) is 0 Å². The first-order valence-electron chi connectivity index (χ1n) is 4.47. The Kier molecular flexibility index (Phi) is 3.61. The molecular weight excluding hydrogens is 302 g/mol. The van der Waals surface area contributed by atoms with Crippen LogP contribution in [0.2, 0.25) is 0 Å². The van der Waals surface area contributed by atoms with Crippen molar-refractivity contribution in [3.05, 3.63) is 43.5 Å². The molecule has 0 saturated heterocycles. The van der Waals surface area contributed by atoms with Gasteiger partial charge in [0.25, 0.3) is 11.4 Å². The lowest BCUT2D eigenvalue weighted by Gasteiger charge is -2.12. The van der Waals surface area contributed by atoms with Gasteiger partial charge in [0.05, 0.1) is 15.9 Å². The highest BCUT2D eigenvalue weighted by Crippen LogP contribution is 2.44. The predicted molar refractivity (Wildman–Crippen MR) is 49.8 cm³/mol. The topological polar surface area (TPSA) is 86.3 Å². The van der Waals surface area contributed by atoms with Crippen molar-refractivity contribution >= 4 is 11.4 Å². The van der Waals surface area contributed by atoms with Crippen molar-refractivity contribution in [2.75, 3.05) is 0 Å². The van der Waals surface area contributed by atoms with E-state index in [9.17, 15) is 46.6 Å². The maximum absolute atomic E-state index is 12.5. The number of benzene rings is 1. The molecule has 0 aliphatic carbocycles. The van der Waals surface area contributed by atoms with Crippen LogP contribution < -0.4 is 0 Å². The highest BCUT2D eigenvalue weighted by atomic mass is 19.4. The normalized spacial score (nSPS) is 12.3. The molecule has 0 amide bonds. The SMILES string of the molecule is O=[N+]([O-])c1cc([N+](=O)[O-])c(C(F)(F)F)cc1C(F)(F)F. The summed E-state index contributed by atoms with van der Waals surface area (Å²) in [6, 6.07) is -0.998. The summed E-state index contributed by atoms with van der Waals surface area (Å²) in [7, 11) is 0. The molecule has 1 aromatic carbocycles. The van der Waals surface area contributed by atoms with E-state index in [0.29, 0.717) is 0 Å². The molecule has 1 rings (SSSR count). The van der Waals surface area contributed by atoms with Crippen molar-refractivity contribution in [3.63, 3.8) is 0 Å². The Morgan fingerprint density at radius 1 is 0.750 bits per heavy atom. The van der Waals surface area contributed by atoms with E-state index in [1.54, 1.807) is 0 Å². The Morgan fingerprint density at radius 2 is 1.05 bits per heavy atom. The molecule has 0 aliphatic rings. The van der Waals surface area contributed by atoms with E-state index in [2.05, 4.69) is 0 Å². The number of nitro groups is 2. The van der Waals surface area contributed by atoms with Gasteiger partial charge in [-0.1, -0.05) is 0 Å². The van der Waals surface area contributed by atoms with E-state index in [-0.39, 0.29) is 6.07 Å². The van der Waals surface area contributed by atoms with Crippen LogP contribution in [-0.4, -0.2) is 9.85 Å². The standard InChI is InChI=1S/C8H2F6N2O4/c9-7(10,11)3-1-4(8(12,13)14)6(16(19)20)2-5(3)15(17)18/h1-2H. The quantitative estimate of drug-likeness (QED) is 0.475. The zero-order valence-corrected chi connectivity index (χ0v) is 8.95. The third-order valence-electron chi connectivity index (χ3n) is 2.12. The number of nitrogens with zero attached hydrogens (tertiary/aromatic N) is 2. The second-order valence-electron chi connectivity index (χ2n) is 3.40. The van der Waals surface area contributed by atoms with Gasteiger partial charge >= 0.3 is 12.4 Å². The van der Waals surface area contributed by atoms with Crippen molar-refractivity contribution in [1.29, 1.82) is 0 Å². The first kappa shape index (κ1) is 15.7. The largest absolute Gasteiger partial charge is 0.423 e. The van der Waals surface area contributed by atoms with Gasteiger partial charge in [-0.3, -0.25) is 20.2 Å². The lowest BCUT2D eigenvalue weighted by atomic mass is 10.1. The van der Waals surface area contributed by atoms with Crippen LogP contribution in [0.4, 0.5) is 37.7 Å². The Bertz CT molecular complexity index is 532. The summed E-state index contributed by atoms with van der Waals surface area (Å²) in [6.07, 6.45) is -10.9. The summed E-state index contributed by atoms with van der Waals surface area (Å²) in [4.78, 5) is 17.5. The number of halogens is 6. The minimum Gasteiger partial charge on any atom is -0.258 e. The molecule has 0 saturated carbocycles. The summed E-state index contributed by atoms with van der Waals surface area (Å²) in [5.41, 5.74) is -8.06. The van der Waals surface area contributed by atoms with Crippen LogP contribution in [0.1, 0.15) is 11.1 Å². The summed E-state index contributed by atoms with van der Waals surface area (Å²) < 4.78 is 74.8. The van der Waals surface area contributed by atoms with E-state index in [1.807, 2.05) is 0 Å². The zero-order chi connectivity index (χ0) is 15.9. The number of hydrogen-bond acceptors (Lipinski definition) is 4. The third kappa shape index (κ3) is 2.95. The molecule has 0 aromatic heterocycles. The monoisotopic (exact) mass is 304 g/mol. The van der Waals surface area contributed by atoms with E-state index in [1.165, 1.54) is 0 Å². The Hall–Kier alpha value is -2.40. The van der Waals surface area contributed by atoms with Gasteiger partial charge in [0.15, 0.2) is 0 Å². The Balaban J connectivity index is 3.79. The molecule has 20 heavy (non-hydrogen) atoms. The smallest absolute Gasteiger partial charge is 0.258 e. The van der Waals surface area contributed by atoms with E-state index < -0.39 is 50.8 Å². The van der Waals surface area contributed by atoms with Crippen molar-refractivity contribution in [1.82, 2.24) is 0 Å². The average molecular weight is 304 g/mol. The van der Waals surface area contributed by atoms with Crippen molar-refractivity contribution in [3.8, 4) is 0 Å². The number of nitro benzene ring substituents is 2. The third-order valence-corrected chi connectivity index (χ3v) is 2.12. The Labute approximate surface area is 104 Å². The highest BCUT2D eigenvalue weighted by Gasteiger charge is 2.46. The average Bonchev–Trinajstić information content (AvgIpc) is 2.24. The van der Waals surface area contributed by atoms with Gasteiger partial charge in [0.1, 0.15) is 11.1 Å². The number of hydrogen-bond donors (Lipinski definition) is 0. The molecule has 12 heteroatoms. The molecule has 0 fully saturated rings. The highest BCUT2D eigenvalue weighted by molar-refractivity contribution is 5.56. The molecule has 0 bridgehead atoms. The van der Waals surface area contributed by atoms with Gasteiger partial charge in [-0.05, 0) is 6.07 Å². The fraction of sp³-hybridized carbons (Fsp3) is 0.250. The minimum atomic E-state index is -5.46. The molecule has 0 unspecified atom stereocenters. The van der Waals surface area contributed by atoms with Gasteiger partial charge < -0.3 is 0 Å². The fourth-order valence-electron chi connectivity index (χ4n) is 1.33. The first-order valence-corrected chi connectivity index (χ1v) is 4.47. The molecular formula is C8H2F6N2O4. The second-order valence-corrected chi connectivity index (χ2v) is 3.40.